The van der Waals surface area contributed by atoms with Crippen LogP contribution in [-0.2, 0) is 4.74 Å². The zero-order chi connectivity index (χ0) is 17.6. The van der Waals surface area contributed by atoms with Crippen molar-refractivity contribution in [3.8, 4) is 5.75 Å². The number of nitrogens with one attached hydrogen (secondary N) is 1. The zero-order valence-electron chi connectivity index (χ0n) is 15.7. The lowest BCUT2D eigenvalue weighted by Gasteiger charge is -2.36. The van der Waals surface area contributed by atoms with Gasteiger partial charge in [0.1, 0.15) is 5.75 Å². The van der Waals surface area contributed by atoms with E-state index >= 15 is 0 Å². The van der Waals surface area contributed by atoms with E-state index in [0.29, 0.717) is 31.1 Å². The number of para-hydroxylation sites is 1. The molecule has 7 heteroatoms. The van der Waals surface area contributed by atoms with Gasteiger partial charge in [-0.05, 0) is 12.0 Å². The largest absolute Gasteiger partial charge is 0.493 e. The third-order valence-electron chi connectivity index (χ3n) is 5.01. The third-order valence-corrected chi connectivity index (χ3v) is 5.01. The summed E-state index contributed by atoms with van der Waals surface area (Å²) in [6, 6.07) is 8.67. The number of nitrogens with zero attached hydrogens (tertiary/aromatic N) is 2. The Hall–Kier alpha value is -1.06. The first-order valence-corrected chi connectivity index (χ1v) is 9.25. The number of fused-ring (bicyclic) bond motifs is 1. The van der Waals surface area contributed by atoms with Gasteiger partial charge in [-0.3, -0.25) is 9.89 Å². The Labute approximate surface area is 173 Å². The molecule has 0 aromatic heterocycles. The van der Waals surface area contributed by atoms with Crippen LogP contribution < -0.4 is 15.8 Å². The number of rotatable bonds is 5. The number of hydrogen-bond donors (Lipinski definition) is 2. The maximum Gasteiger partial charge on any atom is 0.189 e. The predicted molar refractivity (Wildman–Crippen MR) is 115 cm³/mol. The summed E-state index contributed by atoms with van der Waals surface area (Å²) in [5.41, 5.74) is 7.35. The summed E-state index contributed by atoms with van der Waals surface area (Å²) in [4.78, 5) is 7.11. The van der Waals surface area contributed by atoms with Crippen LogP contribution in [0.3, 0.4) is 0 Å². The van der Waals surface area contributed by atoms with Gasteiger partial charge < -0.3 is 20.5 Å². The fourth-order valence-corrected chi connectivity index (χ4v) is 3.57. The predicted octanol–water partition coefficient (Wildman–Crippen LogP) is 2.39. The molecule has 3 N–H and O–H groups in total. The Morgan fingerprint density at radius 2 is 2.00 bits per heavy atom. The minimum absolute atomic E-state index is 0. The molecule has 2 aliphatic heterocycles. The van der Waals surface area contributed by atoms with Crippen LogP contribution in [0.4, 0.5) is 0 Å². The molecule has 6 nitrogen and oxygen atoms in total. The van der Waals surface area contributed by atoms with Gasteiger partial charge in [0.05, 0.1) is 32.4 Å². The van der Waals surface area contributed by atoms with Crippen LogP contribution in [-0.4, -0.2) is 56.4 Å². The minimum atomic E-state index is 0. The molecule has 1 aromatic rings. The van der Waals surface area contributed by atoms with Gasteiger partial charge >= 0.3 is 0 Å². The van der Waals surface area contributed by atoms with Crippen molar-refractivity contribution in [2.45, 2.75) is 32.4 Å². The van der Waals surface area contributed by atoms with Gasteiger partial charge in [0.25, 0.3) is 0 Å². The second-order valence-corrected chi connectivity index (χ2v) is 7.06. The van der Waals surface area contributed by atoms with E-state index in [1.807, 2.05) is 18.2 Å². The van der Waals surface area contributed by atoms with Crippen molar-refractivity contribution in [1.29, 1.82) is 0 Å². The molecular weight excluding hydrogens is 443 g/mol. The average Bonchev–Trinajstić information content (AvgIpc) is 2.63. The molecule has 2 heterocycles. The van der Waals surface area contributed by atoms with Crippen molar-refractivity contribution in [2.75, 3.05) is 39.5 Å². The van der Waals surface area contributed by atoms with Crippen molar-refractivity contribution < 1.29 is 9.47 Å². The van der Waals surface area contributed by atoms with Crippen molar-refractivity contribution in [1.82, 2.24) is 10.2 Å². The van der Waals surface area contributed by atoms with Gasteiger partial charge in [0, 0.05) is 31.1 Å². The SMILES string of the molecule is CC(C)C(CN=C(N)NC1CCOc2ccccc21)N1CCOCC1.I. The number of benzene rings is 1. The number of hydrogen-bond acceptors (Lipinski definition) is 4. The molecule has 1 fully saturated rings. The highest BCUT2D eigenvalue weighted by atomic mass is 127. The molecule has 0 aliphatic carbocycles. The fourth-order valence-electron chi connectivity index (χ4n) is 3.57. The molecular formula is C19H31IN4O2. The third kappa shape index (κ3) is 5.47. The lowest BCUT2D eigenvalue weighted by Crippen LogP contribution is -2.48. The molecule has 0 spiro atoms. The number of guanidine groups is 1. The van der Waals surface area contributed by atoms with Gasteiger partial charge in [-0.25, -0.2) is 0 Å². The Morgan fingerprint density at radius 1 is 1.27 bits per heavy atom. The van der Waals surface area contributed by atoms with Crippen LogP contribution in [0, 0.1) is 5.92 Å². The summed E-state index contributed by atoms with van der Waals surface area (Å²) in [5, 5.41) is 3.38. The van der Waals surface area contributed by atoms with Gasteiger partial charge in [-0.2, -0.15) is 0 Å². The quantitative estimate of drug-likeness (QED) is 0.390. The lowest BCUT2D eigenvalue weighted by molar-refractivity contribution is 0.00868. The summed E-state index contributed by atoms with van der Waals surface area (Å²) in [5.74, 6) is 1.98. The molecule has 1 aromatic carbocycles. The highest BCUT2D eigenvalue weighted by molar-refractivity contribution is 14.0. The number of halogens is 1. The Balaban J connectivity index is 0.00000243. The number of morpholine rings is 1. The van der Waals surface area contributed by atoms with E-state index in [0.717, 1.165) is 44.0 Å². The molecule has 2 aliphatic rings. The highest BCUT2D eigenvalue weighted by Gasteiger charge is 2.24. The molecule has 0 amide bonds. The molecule has 2 atom stereocenters. The Morgan fingerprint density at radius 3 is 2.73 bits per heavy atom. The number of ether oxygens (including phenoxy) is 2. The second-order valence-electron chi connectivity index (χ2n) is 7.06. The topological polar surface area (TPSA) is 72.1 Å². The van der Waals surface area contributed by atoms with Gasteiger partial charge in [-0.1, -0.05) is 32.0 Å². The van der Waals surface area contributed by atoms with Gasteiger partial charge in [0.2, 0.25) is 0 Å². The van der Waals surface area contributed by atoms with Crippen molar-refractivity contribution in [3.05, 3.63) is 29.8 Å². The summed E-state index contributed by atoms with van der Waals surface area (Å²) >= 11 is 0. The maximum atomic E-state index is 6.19. The molecule has 146 valence electrons. The lowest BCUT2D eigenvalue weighted by atomic mass is 10.0. The smallest absolute Gasteiger partial charge is 0.189 e. The van der Waals surface area contributed by atoms with Crippen LogP contribution in [0.15, 0.2) is 29.3 Å². The van der Waals surface area contributed by atoms with Crippen LogP contribution in [0.2, 0.25) is 0 Å². The fraction of sp³-hybridized carbons (Fsp3) is 0.632. The Bertz CT molecular complexity index is 591. The van der Waals surface area contributed by atoms with Crippen LogP contribution in [0.5, 0.6) is 5.75 Å². The summed E-state index contributed by atoms with van der Waals surface area (Å²) < 4.78 is 11.2. The van der Waals surface area contributed by atoms with Gasteiger partial charge in [0.15, 0.2) is 5.96 Å². The first kappa shape index (κ1) is 21.2. The summed E-state index contributed by atoms with van der Waals surface area (Å²) in [7, 11) is 0. The molecule has 1 saturated heterocycles. The van der Waals surface area contributed by atoms with E-state index in [-0.39, 0.29) is 30.0 Å². The van der Waals surface area contributed by atoms with Crippen molar-refractivity contribution >= 4 is 29.9 Å². The van der Waals surface area contributed by atoms with Crippen LogP contribution in [0.1, 0.15) is 31.9 Å². The van der Waals surface area contributed by atoms with Gasteiger partial charge in [-0.15, -0.1) is 24.0 Å². The summed E-state index contributed by atoms with van der Waals surface area (Å²) in [6.45, 7) is 9.45. The highest BCUT2D eigenvalue weighted by Crippen LogP contribution is 2.31. The van der Waals surface area contributed by atoms with Crippen molar-refractivity contribution in [2.24, 2.45) is 16.6 Å². The normalized spacial score (nSPS) is 22.1. The molecule has 0 bridgehead atoms. The zero-order valence-corrected chi connectivity index (χ0v) is 18.0. The Kier molecular flexibility index (Phi) is 8.43. The van der Waals surface area contributed by atoms with Crippen LogP contribution >= 0.6 is 24.0 Å². The second kappa shape index (κ2) is 10.3. The monoisotopic (exact) mass is 474 g/mol. The first-order chi connectivity index (χ1) is 12.1. The molecule has 3 rings (SSSR count). The average molecular weight is 474 g/mol. The van der Waals surface area contributed by atoms with Crippen LogP contribution in [0.25, 0.3) is 0 Å². The summed E-state index contributed by atoms with van der Waals surface area (Å²) in [6.07, 6.45) is 0.893. The van der Waals surface area contributed by atoms with E-state index in [4.69, 9.17) is 15.2 Å². The van der Waals surface area contributed by atoms with E-state index in [2.05, 4.69) is 35.1 Å². The number of aliphatic imine (C=N–C) groups is 1. The molecule has 0 saturated carbocycles. The number of nitrogens with two attached hydrogens (primary N) is 1. The molecule has 2 unspecified atom stereocenters. The maximum absolute atomic E-state index is 6.19. The first-order valence-electron chi connectivity index (χ1n) is 9.25. The van der Waals surface area contributed by atoms with Crippen molar-refractivity contribution in [3.63, 3.8) is 0 Å². The van der Waals surface area contributed by atoms with E-state index in [9.17, 15) is 0 Å². The standard InChI is InChI=1S/C19H30N4O2.HI/c1-14(2)17(23-8-11-24-12-9-23)13-21-19(20)22-16-7-10-25-18-6-4-3-5-15(16)18;/h3-6,14,16-17H,7-13H2,1-2H3,(H3,20,21,22);1H. The van der Waals surface area contributed by atoms with E-state index < -0.39 is 0 Å². The molecule has 0 radical (unpaired) electrons. The van der Waals surface area contributed by atoms with E-state index in [1.54, 1.807) is 0 Å². The minimum Gasteiger partial charge on any atom is -0.493 e. The molecule has 26 heavy (non-hydrogen) atoms. The van der Waals surface area contributed by atoms with E-state index in [1.165, 1.54) is 0 Å².